The molecule has 0 amide bonds. The fraction of sp³-hybridized carbons (Fsp3) is 0.368. The van der Waals surface area contributed by atoms with Gasteiger partial charge in [0.25, 0.3) is 0 Å². The lowest BCUT2D eigenvalue weighted by molar-refractivity contribution is -0.142. The topological polar surface area (TPSA) is 71.9 Å². The molecule has 2 unspecified atom stereocenters. The summed E-state index contributed by atoms with van der Waals surface area (Å²) in [5.41, 5.74) is 1.76. The van der Waals surface area contributed by atoms with Crippen molar-refractivity contribution in [2.24, 2.45) is 0 Å². The number of rotatable bonds is 6. The Kier molecular flexibility index (Phi) is 5.19. The van der Waals surface area contributed by atoms with Gasteiger partial charge >= 0.3 is 5.97 Å². The molecule has 0 aliphatic carbocycles. The fourth-order valence-electron chi connectivity index (χ4n) is 3.46. The highest BCUT2D eigenvalue weighted by atomic mass is 16.5. The second-order valence-electron chi connectivity index (χ2n) is 6.01. The zero-order valence-corrected chi connectivity index (χ0v) is 14.4. The van der Waals surface area contributed by atoms with E-state index in [4.69, 9.17) is 9.47 Å². The maximum Gasteiger partial charge on any atom is 0.320 e. The van der Waals surface area contributed by atoms with Crippen molar-refractivity contribution >= 4 is 5.97 Å². The molecule has 1 saturated heterocycles. The number of pyridine rings is 1. The van der Waals surface area contributed by atoms with Crippen molar-refractivity contribution in [3.8, 4) is 11.5 Å². The van der Waals surface area contributed by atoms with E-state index in [1.54, 1.807) is 20.4 Å². The van der Waals surface area contributed by atoms with Crippen molar-refractivity contribution < 1.29 is 19.4 Å². The van der Waals surface area contributed by atoms with E-state index in [0.717, 1.165) is 17.7 Å². The van der Waals surface area contributed by atoms with Crippen LogP contribution in [-0.4, -0.2) is 47.8 Å². The highest BCUT2D eigenvalue weighted by Gasteiger charge is 2.37. The van der Waals surface area contributed by atoms with Gasteiger partial charge in [-0.05, 0) is 42.7 Å². The average Bonchev–Trinajstić information content (AvgIpc) is 3.12. The number of carboxylic acids is 1. The maximum atomic E-state index is 11.7. The van der Waals surface area contributed by atoms with Crippen LogP contribution in [0.4, 0.5) is 0 Å². The Morgan fingerprint density at radius 1 is 1.24 bits per heavy atom. The lowest BCUT2D eigenvalue weighted by Crippen LogP contribution is -2.39. The Morgan fingerprint density at radius 3 is 2.68 bits per heavy atom. The van der Waals surface area contributed by atoms with E-state index >= 15 is 0 Å². The zero-order chi connectivity index (χ0) is 17.8. The van der Waals surface area contributed by atoms with Gasteiger partial charge in [-0.2, -0.15) is 0 Å². The molecular formula is C19H22N2O4. The van der Waals surface area contributed by atoms with Crippen LogP contribution < -0.4 is 9.47 Å². The highest BCUT2D eigenvalue weighted by Crippen LogP contribution is 2.37. The predicted octanol–water partition coefficient (Wildman–Crippen LogP) is 2.74. The summed E-state index contributed by atoms with van der Waals surface area (Å²) in [5.74, 6) is 0.466. The van der Waals surface area contributed by atoms with Gasteiger partial charge in [0.15, 0.2) is 11.5 Å². The third-order valence-electron chi connectivity index (χ3n) is 4.60. The molecule has 1 aliphatic rings. The summed E-state index contributed by atoms with van der Waals surface area (Å²) in [5, 5.41) is 9.60. The van der Waals surface area contributed by atoms with Crippen LogP contribution in [0.5, 0.6) is 11.5 Å². The van der Waals surface area contributed by atoms with Crippen molar-refractivity contribution in [2.75, 3.05) is 20.8 Å². The van der Waals surface area contributed by atoms with Crippen LogP contribution >= 0.6 is 0 Å². The quantitative estimate of drug-likeness (QED) is 0.870. The van der Waals surface area contributed by atoms with Gasteiger partial charge in [0.2, 0.25) is 0 Å². The van der Waals surface area contributed by atoms with E-state index in [2.05, 4.69) is 4.98 Å². The highest BCUT2D eigenvalue weighted by molar-refractivity contribution is 5.74. The monoisotopic (exact) mass is 342 g/mol. The number of likely N-dealkylation sites (tertiary alicyclic amines) is 1. The summed E-state index contributed by atoms with van der Waals surface area (Å²) < 4.78 is 10.7. The lowest BCUT2D eigenvalue weighted by atomic mass is 9.99. The van der Waals surface area contributed by atoms with Gasteiger partial charge in [-0.1, -0.05) is 12.1 Å². The van der Waals surface area contributed by atoms with E-state index in [1.807, 2.05) is 41.3 Å². The van der Waals surface area contributed by atoms with Gasteiger partial charge in [0, 0.05) is 12.7 Å². The molecule has 1 aliphatic heterocycles. The van der Waals surface area contributed by atoms with Crippen LogP contribution in [0.15, 0.2) is 42.6 Å². The molecule has 2 aromatic rings. The number of carboxylic acid groups (broad SMARTS) is 1. The molecular weight excluding hydrogens is 320 g/mol. The van der Waals surface area contributed by atoms with Crippen LogP contribution in [0.25, 0.3) is 0 Å². The first-order valence-electron chi connectivity index (χ1n) is 8.27. The number of hydrogen-bond acceptors (Lipinski definition) is 5. The van der Waals surface area contributed by atoms with Crippen molar-refractivity contribution in [2.45, 2.75) is 24.9 Å². The van der Waals surface area contributed by atoms with Crippen LogP contribution in [0.2, 0.25) is 0 Å². The van der Waals surface area contributed by atoms with Gasteiger partial charge in [-0.15, -0.1) is 0 Å². The molecule has 3 rings (SSSR count). The smallest absolute Gasteiger partial charge is 0.320 e. The molecule has 1 aromatic carbocycles. The minimum Gasteiger partial charge on any atom is -0.493 e. The first kappa shape index (κ1) is 17.2. The Morgan fingerprint density at radius 2 is 2.04 bits per heavy atom. The second-order valence-corrected chi connectivity index (χ2v) is 6.01. The summed E-state index contributed by atoms with van der Waals surface area (Å²) in [7, 11) is 3.18. The number of hydrogen-bond donors (Lipinski definition) is 1. The van der Waals surface area contributed by atoms with Crippen LogP contribution in [0.3, 0.4) is 0 Å². The molecule has 25 heavy (non-hydrogen) atoms. The average molecular weight is 342 g/mol. The Balaban J connectivity index is 2.07. The van der Waals surface area contributed by atoms with Gasteiger partial charge in [-0.3, -0.25) is 14.7 Å². The van der Waals surface area contributed by atoms with Gasteiger partial charge in [0.1, 0.15) is 6.04 Å². The number of aromatic nitrogens is 1. The van der Waals surface area contributed by atoms with Crippen molar-refractivity contribution in [1.29, 1.82) is 0 Å². The van der Waals surface area contributed by atoms with E-state index in [-0.39, 0.29) is 6.04 Å². The summed E-state index contributed by atoms with van der Waals surface area (Å²) in [6.45, 7) is 0.715. The van der Waals surface area contributed by atoms with Crippen molar-refractivity contribution in [1.82, 2.24) is 9.88 Å². The first-order valence-corrected chi connectivity index (χ1v) is 8.27. The number of methoxy groups -OCH3 is 2. The van der Waals surface area contributed by atoms with Crippen LogP contribution in [0, 0.1) is 0 Å². The molecule has 1 aromatic heterocycles. The second kappa shape index (κ2) is 7.53. The third kappa shape index (κ3) is 3.44. The molecule has 0 bridgehead atoms. The number of benzene rings is 1. The number of ether oxygens (including phenoxy) is 2. The molecule has 0 spiro atoms. The predicted molar refractivity (Wildman–Crippen MR) is 93.0 cm³/mol. The molecule has 6 nitrogen and oxygen atoms in total. The summed E-state index contributed by atoms with van der Waals surface area (Å²) in [6.07, 6.45) is 3.23. The number of nitrogens with zero attached hydrogens (tertiary/aromatic N) is 2. The summed E-state index contributed by atoms with van der Waals surface area (Å²) >= 11 is 0. The fourth-order valence-corrected chi connectivity index (χ4v) is 3.46. The van der Waals surface area contributed by atoms with E-state index in [0.29, 0.717) is 24.5 Å². The SMILES string of the molecule is COc1ccc(C(c2ccccn2)N2CCCC2C(=O)O)cc1OC. The van der Waals surface area contributed by atoms with Crippen molar-refractivity contribution in [3.63, 3.8) is 0 Å². The third-order valence-corrected chi connectivity index (χ3v) is 4.60. The molecule has 2 heterocycles. The minimum absolute atomic E-state index is 0.246. The Labute approximate surface area is 147 Å². The van der Waals surface area contributed by atoms with Gasteiger partial charge in [0.05, 0.1) is 26.0 Å². The molecule has 1 fully saturated rings. The van der Waals surface area contributed by atoms with Gasteiger partial charge < -0.3 is 14.6 Å². The van der Waals surface area contributed by atoms with E-state index in [9.17, 15) is 9.90 Å². The summed E-state index contributed by atoms with van der Waals surface area (Å²) in [4.78, 5) is 18.2. The van der Waals surface area contributed by atoms with Crippen LogP contribution in [-0.2, 0) is 4.79 Å². The molecule has 2 atom stereocenters. The zero-order valence-electron chi connectivity index (χ0n) is 14.4. The number of aliphatic carboxylic acids is 1. The van der Waals surface area contributed by atoms with Crippen LogP contribution in [0.1, 0.15) is 30.1 Å². The first-order chi connectivity index (χ1) is 12.2. The van der Waals surface area contributed by atoms with Crippen molar-refractivity contribution in [3.05, 3.63) is 53.9 Å². The summed E-state index contributed by atoms with van der Waals surface area (Å²) in [6, 6.07) is 10.6. The molecule has 132 valence electrons. The van der Waals surface area contributed by atoms with Gasteiger partial charge in [-0.25, -0.2) is 0 Å². The van der Waals surface area contributed by atoms with E-state index < -0.39 is 12.0 Å². The standard InChI is InChI=1S/C19H22N2O4/c1-24-16-9-8-13(12-17(16)25-2)18(14-6-3-4-10-20-14)21-11-5-7-15(21)19(22)23/h3-4,6,8-10,12,15,18H,5,7,11H2,1-2H3,(H,22,23). The molecule has 0 radical (unpaired) electrons. The Hall–Kier alpha value is -2.60. The lowest BCUT2D eigenvalue weighted by Gasteiger charge is -2.31. The normalized spacial score (nSPS) is 18.7. The molecule has 0 saturated carbocycles. The Bertz CT molecular complexity index is 735. The molecule has 1 N–H and O–H groups in total. The molecule has 6 heteroatoms. The van der Waals surface area contributed by atoms with E-state index in [1.165, 1.54) is 0 Å². The largest absolute Gasteiger partial charge is 0.493 e. The minimum atomic E-state index is -0.793. The number of carbonyl (C=O) groups is 1. The maximum absolute atomic E-state index is 11.7.